The molecule has 18 heavy (non-hydrogen) atoms. The highest BCUT2D eigenvalue weighted by atomic mass is 35.5. The van der Waals surface area contributed by atoms with Crippen molar-refractivity contribution in [2.45, 2.75) is 39.3 Å². The van der Waals surface area contributed by atoms with Crippen LogP contribution in [0.15, 0.2) is 11.6 Å². The summed E-state index contributed by atoms with van der Waals surface area (Å²) in [5.74, 6) is 0. The molecule has 0 bridgehead atoms. The van der Waals surface area contributed by atoms with Crippen LogP contribution in [0.4, 0.5) is 0 Å². The standard InChI is InChI=1S/C12H16ClN3OS/c1-3-4-16-12(9(13)6-14-16)10(17)5-11-15-8(2)7-18-11/h6-7,10,17H,3-5H2,1-2H3. The molecular formula is C12H16ClN3OS. The Kier molecular flexibility index (Phi) is 4.37. The molecule has 6 heteroatoms. The van der Waals surface area contributed by atoms with E-state index in [1.54, 1.807) is 22.2 Å². The van der Waals surface area contributed by atoms with Gasteiger partial charge in [0.2, 0.25) is 0 Å². The highest BCUT2D eigenvalue weighted by Gasteiger charge is 2.19. The zero-order valence-corrected chi connectivity index (χ0v) is 12.0. The normalized spacial score (nSPS) is 12.9. The summed E-state index contributed by atoms with van der Waals surface area (Å²) in [6, 6.07) is 0. The zero-order valence-electron chi connectivity index (χ0n) is 10.4. The summed E-state index contributed by atoms with van der Waals surface area (Å²) >= 11 is 7.64. The van der Waals surface area contributed by atoms with Crippen molar-refractivity contribution in [1.29, 1.82) is 0 Å². The Morgan fingerprint density at radius 3 is 2.94 bits per heavy atom. The summed E-state index contributed by atoms with van der Waals surface area (Å²) in [4.78, 5) is 4.35. The van der Waals surface area contributed by atoms with E-state index in [1.807, 2.05) is 12.3 Å². The molecule has 0 saturated heterocycles. The smallest absolute Gasteiger partial charge is 0.103 e. The van der Waals surface area contributed by atoms with Gasteiger partial charge in [-0.05, 0) is 13.3 Å². The molecule has 1 unspecified atom stereocenters. The lowest BCUT2D eigenvalue weighted by Gasteiger charge is -2.12. The minimum absolute atomic E-state index is 0.480. The zero-order chi connectivity index (χ0) is 13.1. The Bertz CT molecular complexity index is 523. The van der Waals surface area contributed by atoms with Gasteiger partial charge in [0.15, 0.2) is 0 Å². The van der Waals surface area contributed by atoms with Crippen LogP contribution in [0.25, 0.3) is 0 Å². The van der Waals surface area contributed by atoms with Gasteiger partial charge in [0.25, 0.3) is 0 Å². The van der Waals surface area contributed by atoms with E-state index in [9.17, 15) is 5.11 Å². The molecule has 2 aromatic rings. The molecule has 0 saturated carbocycles. The summed E-state index contributed by atoms with van der Waals surface area (Å²) in [5.41, 5.74) is 1.67. The lowest BCUT2D eigenvalue weighted by atomic mass is 10.2. The van der Waals surface area contributed by atoms with E-state index in [0.29, 0.717) is 17.1 Å². The van der Waals surface area contributed by atoms with Gasteiger partial charge in [-0.25, -0.2) is 4.98 Å². The van der Waals surface area contributed by atoms with Gasteiger partial charge in [0.05, 0.1) is 21.9 Å². The number of hydrogen-bond donors (Lipinski definition) is 1. The van der Waals surface area contributed by atoms with E-state index >= 15 is 0 Å². The van der Waals surface area contributed by atoms with Gasteiger partial charge in [0, 0.05) is 24.0 Å². The van der Waals surface area contributed by atoms with Gasteiger partial charge >= 0.3 is 0 Å². The molecule has 0 radical (unpaired) electrons. The second-order valence-electron chi connectivity index (χ2n) is 4.20. The second-order valence-corrected chi connectivity index (χ2v) is 5.55. The first-order valence-electron chi connectivity index (χ1n) is 5.92. The minimum atomic E-state index is -0.655. The van der Waals surface area contributed by atoms with Crippen LogP contribution in [0.1, 0.15) is 35.8 Å². The lowest BCUT2D eigenvalue weighted by Crippen LogP contribution is -2.11. The molecule has 2 aromatic heterocycles. The molecule has 0 aliphatic carbocycles. The lowest BCUT2D eigenvalue weighted by molar-refractivity contribution is 0.166. The van der Waals surface area contributed by atoms with Crippen LogP contribution in [0, 0.1) is 6.92 Å². The SMILES string of the molecule is CCCn1ncc(Cl)c1C(O)Cc1nc(C)cs1. The number of rotatable bonds is 5. The Balaban J connectivity index is 2.17. The summed E-state index contributed by atoms with van der Waals surface area (Å²) in [7, 11) is 0. The van der Waals surface area contributed by atoms with E-state index in [-0.39, 0.29) is 0 Å². The van der Waals surface area contributed by atoms with Crippen molar-refractivity contribution in [1.82, 2.24) is 14.8 Å². The number of aromatic nitrogens is 3. The van der Waals surface area contributed by atoms with Gasteiger partial charge in [-0.15, -0.1) is 11.3 Å². The van der Waals surface area contributed by atoms with Gasteiger partial charge in [-0.2, -0.15) is 5.10 Å². The van der Waals surface area contributed by atoms with E-state index in [1.165, 1.54) is 0 Å². The summed E-state index contributed by atoms with van der Waals surface area (Å²) in [6.45, 7) is 4.77. The number of nitrogens with zero attached hydrogens (tertiary/aromatic N) is 3. The third-order valence-corrected chi connectivity index (χ3v) is 3.90. The number of thiazole rings is 1. The third-order valence-electron chi connectivity index (χ3n) is 2.62. The molecular weight excluding hydrogens is 270 g/mol. The summed E-state index contributed by atoms with van der Waals surface area (Å²) in [5, 5.41) is 17.9. The Labute approximate surface area is 115 Å². The van der Waals surface area contributed by atoms with Crippen molar-refractivity contribution in [3.63, 3.8) is 0 Å². The number of hydrogen-bond acceptors (Lipinski definition) is 4. The molecule has 0 aromatic carbocycles. The average molecular weight is 286 g/mol. The number of halogens is 1. The first-order valence-corrected chi connectivity index (χ1v) is 7.17. The van der Waals surface area contributed by atoms with Crippen molar-refractivity contribution in [2.24, 2.45) is 0 Å². The Hall–Kier alpha value is -0.910. The molecule has 0 spiro atoms. The van der Waals surface area contributed by atoms with Gasteiger partial charge in [0.1, 0.15) is 6.10 Å². The number of aliphatic hydroxyl groups excluding tert-OH is 1. The molecule has 0 amide bonds. The van der Waals surface area contributed by atoms with E-state index in [4.69, 9.17) is 11.6 Å². The van der Waals surface area contributed by atoms with Crippen molar-refractivity contribution in [3.05, 3.63) is 33.0 Å². The minimum Gasteiger partial charge on any atom is -0.386 e. The Morgan fingerprint density at radius 1 is 1.56 bits per heavy atom. The van der Waals surface area contributed by atoms with Crippen LogP contribution in [0.2, 0.25) is 5.02 Å². The van der Waals surface area contributed by atoms with Crippen LogP contribution in [-0.4, -0.2) is 19.9 Å². The van der Waals surface area contributed by atoms with Gasteiger partial charge in [-0.1, -0.05) is 18.5 Å². The first kappa shape index (κ1) is 13.5. The van der Waals surface area contributed by atoms with E-state index in [0.717, 1.165) is 23.7 Å². The molecule has 0 aliphatic heterocycles. The number of aliphatic hydroxyl groups is 1. The van der Waals surface area contributed by atoms with Crippen LogP contribution >= 0.6 is 22.9 Å². The van der Waals surface area contributed by atoms with Crippen molar-refractivity contribution in [2.75, 3.05) is 0 Å². The van der Waals surface area contributed by atoms with Crippen molar-refractivity contribution in [3.8, 4) is 0 Å². The van der Waals surface area contributed by atoms with Gasteiger partial charge < -0.3 is 5.11 Å². The Morgan fingerprint density at radius 2 is 2.33 bits per heavy atom. The highest BCUT2D eigenvalue weighted by Crippen LogP contribution is 2.26. The topological polar surface area (TPSA) is 50.9 Å². The maximum atomic E-state index is 10.3. The maximum Gasteiger partial charge on any atom is 0.103 e. The van der Waals surface area contributed by atoms with Crippen molar-refractivity contribution >= 4 is 22.9 Å². The molecule has 2 rings (SSSR count). The second kappa shape index (κ2) is 5.82. The predicted octanol–water partition coefficient (Wildman–Crippen LogP) is 2.99. The van der Waals surface area contributed by atoms with Gasteiger partial charge in [-0.3, -0.25) is 4.68 Å². The largest absolute Gasteiger partial charge is 0.386 e. The fourth-order valence-corrected chi connectivity index (χ4v) is 2.93. The summed E-state index contributed by atoms with van der Waals surface area (Å²) in [6.07, 6.45) is 2.36. The predicted molar refractivity (Wildman–Crippen MR) is 73.0 cm³/mol. The fourth-order valence-electron chi connectivity index (χ4n) is 1.85. The maximum absolute atomic E-state index is 10.3. The molecule has 4 nitrogen and oxygen atoms in total. The molecule has 0 aliphatic rings. The van der Waals surface area contributed by atoms with Crippen LogP contribution in [0.3, 0.4) is 0 Å². The number of aryl methyl sites for hydroxylation is 2. The van der Waals surface area contributed by atoms with E-state index in [2.05, 4.69) is 17.0 Å². The van der Waals surface area contributed by atoms with Crippen LogP contribution < -0.4 is 0 Å². The first-order chi connectivity index (χ1) is 8.61. The average Bonchev–Trinajstić information content (AvgIpc) is 2.86. The third kappa shape index (κ3) is 2.91. The molecule has 1 N–H and O–H groups in total. The van der Waals surface area contributed by atoms with Crippen LogP contribution in [-0.2, 0) is 13.0 Å². The quantitative estimate of drug-likeness (QED) is 0.919. The molecule has 1 atom stereocenters. The van der Waals surface area contributed by atoms with Crippen LogP contribution in [0.5, 0.6) is 0 Å². The monoisotopic (exact) mass is 285 g/mol. The molecule has 98 valence electrons. The summed E-state index contributed by atoms with van der Waals surface area (Å²) < 4.78 is 1.77. The fraction of sp³-hybridized carbons (Fsp3) is 0.500. The molecule has 2 heterocycles. The van der Waals surface area contributed by atoms with Crippen molar-refractivity contribution < 1.29 is 5.11 Å². The highest BCUT2D eigenvalue weighted by molar-refractivity contribution is 7.09. The van der Waals surface area contributed by atoms with E-state index < -0.39 is 6.10 Å². The molecule has 0 fully saturated rings.